The zero-order valence-electron chi connectivity index (χ0n) is 15.2. The number of nitrogens with zero attached hydrogens (tertiary/aromatic N) is 3. The van der Waals surface area contributed by atoms with E-state index in [-0.39, 0.29) is 41.7 Å². The van der Waals surface area contributed by atoms with Crippen LogP contribution in [-0.2, 0) is 20.9 Å². The van der Waals surface area contributed by atoms with Crippen molar-refractivity contribution >= 4 is 10.0 Å². The second kappa shape index (κ2) is 6.61. The summed E-state index contributed by atoms with van der Waals surface area (Å²) in [5.41, 5.74) is -1.48. The van der Waals surface area contributed by atoms with Gasteiger partial charge in [-0.1, -0.05) is 0 Å². The summed E-state index contributed by atoms with van der Waals surface area (Å²) in [4.78, 5) is 5.23. The number of pyridine rings is 1. The Morgan fingerprint density at radius 1 is 1.21 bits per heavy atom. The van der Waals surface area contributed by atoms with Crippen molar-refractivity contribution in [3.8, 4) is 0 Å². The number of hydrogen-bond acceptors (Lipinski definition) is 5. The zero-order valence-corrected chi connectivity index (χ0v) is 16.1. The quantitative estimate of drug-likeness (QED) is 0.695. The van der Waals surface area contributed by atoms with Crippen LogP contribution in [0, 0.1) is 12.3 Å². The summed E-state index contributed by atoms with van der Waals surface area (Å²) >= 11 is 0. The topological polar surface area (TPSA) is 62.7 Å². The highest BCUT2D eigenvalue weighted by Crippen LogP contribution is 2.44. The number of hydrogen-bond donors (Lipinski definition) is 0. The van der Waals surface area contributed by atoms with Crippen LogP contribution in [0.1, 0.15) is 17.8 Å². The highest BCUT2D eigenvalue weighted by molar-refractivity contribution is 7.89. The third-order valence-electron chi connectivity index (χ3n) is 5.77. The molecule has 0 unspecified atom stereocenters. The molecule has 1 aromatic heterocycles. The van der Waals surface area contributed by atoms with E-state index in [0.717, 1.165) is 6.07 Å². The average molecular weight is 423 g/mol. The van der Waals surface area contributed by atoms with E-state index in [4.69, 9.17) is 4.74 Å². The van der Waals surface area contributed by atoms with E-state index in [1.165, 1.54) is 11.2 Å². The van der Waals surface area contributed by atoms with Gasteiger partial charge in [-0.2, -0.15) is 17.5 Å². The van der Waals surface area contributed by atoms with Crippen LogP contribution in [0.15, 0.2) is 17.0 Å². The number of sulfonamides is 1. The monoisotopic (exact) mass is 423 g/mol. The molecule has 3 aliphatic rings. The summed E-state index contributed by atoms with van der Waals surface area (Å²) in [7, 11) is -3.90. The van der Waals surface area contributed by atoms with Crippen LogP contribution < -0.4 is 0 Å². The summed E-state index contributed by atoms with van der Waals surface area (Å²) in [6.07, 6.45) is -5.04. The summed E-state index contributed by atoms with van der Waals surface area (Å²) < 4.78 is 84.1. The van der Waals surface area contributed by atoms with Crippen LogP contribution in [-0.4, -0.2) is 74.2 Å². The van der Waals surface area contributed by atoms with Crippen molar-refractivity contribution in [2.45, 2.75) is 36.6 Å². The van der Waals surface area contributed by atoms with Gasteiger partial charge in [0.2, 0.25) is 10.0 Å². The molecule has 1 aromatic rings. The average Bonchev–Trinajstić information content (AvgIpc) is 2.52. The smallest absolute Gasteiger partial charge is 0.378 e. The lowest BCUT2D eigenvalue weighted by molar-refractivity contribution is -0.141. The van der Waals surface area contributed by atoms with Crippen molar-refractivity contribution in [3.05, 3.63) is 23.5 Å². The molecule has 0 aromatic carbocycles. The predicted octanol–water partition coefficient (Wildman–Crippen LogP) is 1.84. The van der Waals surface area contributed by atoms with Gasteiger partial charge in [-0.05, 0) is 25.5 Å². The van der Waals surface area contributed by atoms with Crippen molar-refractivity contribution in [2.75, 3.05) is 39.4 Å². The number of ether oxygens (including phenoxy) is 1. The Labute approximate surface area is 160 Å². The van der Waals surface area contributed by atoms with E-state index in [1.54, 1.807) is 0 Å². The van der Waals surface area contributed by atoms with Gasteiger partial charge in [0.05, 0.1) is 12.3 Å². The minimum absolute atomic E-state index is 0.0921. The Kier molecular flexibility index (Phi) is 4.72. The second-order valence-electron chi connectivity index (χ2n) is 7.90. The van der Waals surface area contributed by atoms with Gasteiger partial charge >= 0.3 is 6.18 Å². The number of rotatable bonds is 3. The minimum Gasteiger partial charge on any atom is -0.378 e. The minimum atomic E-state index is -4.62. The first-order chi connectivity index (χ1) is 13.0. The van der Waals surface area contributed by atoms with Gasteiger partial charge in [-0.3, -0.25) is 4.90 Å². The number of likely N-dealkylation sites (tertiary alicyclic amines) is 1. The maximum atomic E-state index is 14.0. The Bertz CT molecular complexity index is 863. The highest BCUT2D eigenvalue weighted by Gasteiger charge is 2.57. The molecule has 0 saturated carbocycles. The van der Waals surface area contributed by atoms with Gasteiger partial charge in [0.15, 0.2) is 0 Å². The van der Waals surface area contributed by atoms with E-state index >= 15 is 0 Å². The normalized spacial score (nSPS) is 28.8. The Morgan fingerprint density at radius 3 is 2.46 bits per heavy atom. The molecule has 6 nitrogen and oxygen atoms in total. The van der Waals surface area contributed by atoms with Crippen LogP contribution >= 0.6 is 0 Å². The molecule has 3 saturated heterocycles. The second-order valence-corrected chi connectivity index (χ2v) is 9.81. The van der Waals surface area contributed by atoms with Crippen molar-refractivity contribution in [1.82, 2.24) is 14.2 Å². The first kappa shape index (κ1) is 20.0. The number of aromatic nitrogens is 1. The van der Waals surface area contributed by atoms with Gasteiger partial charge in [0, 0.05) is 44.2 Å². The predicted molar refractivity (Wildman–Crippen MR) is 90.9 cm³/mol. The van der Waals surface area contributed by atoms with Crippen molar-refractivity contribution in [3.63, 3.8) is 0 Å². The largest absolute Gasteiger partial charge is 0.433 e. The van der Waals surface area contributed by atoms with E-state index < -0.39 is 28.1 Å². The molecular weight excluding hydrogens is 402 g/mol. The summed E-state index contributed by atoms with van der Waals surface area (Å²) in [6.45, 7) is 3.68. The summed E-state index contributed by atoms with van der Waals surface area (Å²) in [5, 5.41) is 0. The SMILES string of the molecule is Cc1nc(C(F)(F)F)ccc1S(=O)(=O)N1CC2(CN([C@H]3CCOC[C@@H]3F)C2)C1. The molecule has 11 heteroatoms. The Hall–Kier alpha value is -1.30. The summed E-state index contributed by atoms with van der Waals surface area (Å²) in [5.74, 6) is 0. The molecule has 28 heavy (non-hydrogen) atoms. The molecule has 3 fully saturated rings. The molecule has 2 atom stereocenters. The third kappa shape index (κ3) is 3.31. The van der Waals surface area contributed by atoms with Crippen molar-refractivity contribution < 1.29 is 30.7 Å². The third-order valence-corrected chi connectivity index (χ3v) is 7.69. The van der Waals surface area contributed by atoms with Crippen LogP contribution in [0.2, 0.25) is 0 Å². The Balaban J connectivity index is 1.41. The molecule has 1 spiro atoms. The molecular formula is C17H21F4N3O3S. The standard InChI is InChI=1S/C17H21F4N3O3S/c1-11-14(2-3-15(22-11)17(19,20)21)28(25,26)24-9-16(10-24)7-23(8-16)13-4-5-27-6-12(13)18/h2-3,12-13H,4-10H2,1H3/t12-,13-/m0/s1. The first-order valence-corrected chi connectivity index (χ1v) is 10.5. The first-order valence-electron chi connectivity index (χ1n) is 9.03. The lowest BCUT2D eigenvalue weighted by Crippen LogP contribution is -2.75. The highest BCUT2D eigenvalue weighted by atomic mass is 32.2. The van der Waals surface area contributed by atoms with Gasteiger partial charge in [0.1, 0.15) is 16.8 Å². The van der Waals surface area contributed by atoms with Gasteiger partial charge in [0.25, 0.3) is 0 Å². The molecule has 0 bridgehead atoms. The zero-order chi connectivity index (χ0) is 20.3. The van der Waals surface area contributed by atoms with Crippen LogP contribution in [0.25, 0.3) is 0 Å². The van der Waals surface area contributed by atoms with E-state index in [2.05, 4.69) is 4.98 Å². The molecule has 4 rings (SSSR count). The molecule has 3 aliphatic heterocycles. The fourth-order valence-electron chi connectivity index (χ4n) is 4.34. The Morgan fingerprint density at radius 2 is 1.89 bits per heavy atom. The number of alkyl halides is 4. The number of halogens is 4. The van der Waals surface area contributed by atoms with E-state index in [9.17, 15) is 26.0 Å². The lowest BCUT2D eigenvalue weighted by atomic mass is 9.73. The van der Waals surface area contributed by atoms with Crippen molar-refractivity contribution in [2.24, 2.45) is 5.41 Å². The fourth-order valence-corrected chi connectivity index (χ4v) is 6.17. The molecule has 0 amide bonds. The van der Waals surface area contributed by atoms with E-state index in [0.29, 0.717) is 32.2 Å². The van der Waals surface area contributed by atoms with Crippen LogP contribution in [0.4, 0.5) is 17.6 Å². The molecule has 0 N–H and O–H groups in total. The van der Waals surface area contributed by atoms with Gasteiger partial charge < -0.3 is 4.74 Å². The molecule has 0 radical (unpaired) electrons. The lowest BCUT2D eigenvalue weighted by Gasteiger charge is -2.61. The maximum absolute atomic E-state index is 14.0. The molecule has 0 aliphatic carbocycles. The van der Waals surface area contributed by atoms with Gasteiger partial charge in [-0.25, -0.2) is 17.8 Å². The van der Waals surface area contributed by atoms with Crippen LogP contribution in [0.5, 0.6) is 0 Å². The van der Waals surface area contributed by atoms with E-state index in [1.807, 2.05) is 4.90 Å². The summed E-state index contributed by atoms with van der Waals surface area (Å²) in [6, 6.07) is 1.47. The number of aryl methyl sites for hydroxylation is 1. The van der Waals surface area contributed by atoms with Crippen molar-refractivity contribution in [1.29, 1.82) is 0 Å². The fraction of sp³-hybridized carbons (Fsp3) is 0.706. The maximum Gasteiger partial charge on any atom is 0.433 e. The van der Waals surface area contributed by atoms with Crippen LogP contribution in [0.3, 0.4) is 0 Å². The van der Waals surface area contributed by atoms with Gasteiger partial charge in [-0.15, -0.1) is 0 Å². The molecule has 4 heterocycles. The molecule has 156 valence electrons.